The first-order chi connectivity index (χ1) is 8.03. The Morgan fingerprint density at radius 1 is 1.41 bits per heavy atom. The van der Waals surface area contributed by atoms with Crippen LogP contribution >= 0.6 is 0 Å². The van der Waals surface area contributed by atoms with Gasteiger partial charge in [0.05, 0.1) is 5.75 Å². The number of rotatable bonds is 6. The van der Waals surface area contributed by atoms with Crippen LogP contribution in [-0.2, 0) is 14.8 Å². The molecule has 1 aliphatic heterocycles. The number of amides is 1. The van der Waals surface area contributed by atoms with Crippen molar-refractivity contribution in [2.24, 2.45) is 0 Å². The summed E-state index contributed by atoms with van der Waals surface area (Å²) in [5, 5.41) is 5.90. The molecule has 3 N–H and O–H groups in total. The van der Waals surface area contributed by atoms with Gasteiger partial charge in [-0.1, -0.05) is 6.42 Å². The monoisotopic (exact) mass is 263 g/mol. The third kappa shape index (κ3) is 5.99. The van der Waals surface area contributed by atoms with Crippen molar-refractivity contribution in [1.29, 1.82) is 0 Å². The molecule has 1 rings (SSSR count). The topological polar surface area (TPSA) is 87.3 Å². The van der Waals surface area contributed by atoms with Gasteiger partial charge in [-0.2, -0.15) is 0 Å². The SMILES string of the molecule is CNS(=O)(=O)CCNC(=O)CC1CCCCN1. The highest BCUT2D eigenvalue weighted by molar-refractivity contribution is 7.89. The molecule has 17 heavy (non-hydrogen) atoms. The minimum absolute atomic E-state index is 0.0761. The van der Waals surface area contributed by atoms with Crippen molar-refractivity contribution in [3.8, 4) is 0 Å². The van der Waals surface area contributed by atoms with E-state index in [-0.39, 0.29) is 24.2 Å². The standard InChI is InChI=1S/C10H21N3O3S/c1-11-17(15,16)7-6-13-10(14)8-9-4-2-3-5-12-9/h9,11-12H,2-8H2,1H3,(H,13,14). The van der Waals surface area contributed by atoms with Gasteiger partial charge in [-0.3, -0.25) is 4.79 Å². The van der Waals surface area contributed by atoms with Crippen LogP contribution < -0.4 is 15.4 Å². The van der Waals surface area contributed by atoms with Gasteiger partial charge >= 0.3 is 0 Å². The number of hydrogen-bond acceptors (Lipinski definition) is 4. The highest BCUT2D eigenvalue weighted by Gasteiger charge is 2.16. The van der Waals surface area contributed by atoms with Crippen LogP contribution in [0.5, 0.6) is 0 Å². The van der Waals surface area contributed by atoms with Gasteiger partial charge in [0.2, 0.25) is 15.9 Å². The fraction of sp³-hybridized carbons (Fsp3) is 0.900. The third-order valence-electron chi connectivity index (χ3n) is 2.85. The fourth-order valence-electron chi connectivity index (χ4n) is 1.82. The summed E-state index contributed by atoms with van der Waals surface area (Å²) < 4.78 is 24.4. The number of piperidine rings is 1. The van der Waals surface area contributed by atoms with Crippen LogP contribution in [0.3, 0.4) is 0 Å². The van der Waals surface area contributed by atoms with Crippen molar-refractivity contribution in [2.45, 2.75) is 31.7 Å². The molecule has 1 heterocycles. The summed E-state index contributed by atoms with van der Waals surface area (Å²) in [5.41, 5.74) is 0. The molecule has 0 aromatic heterocycles. The average molecular weight is 263 g/mol. The number of nitrogens with one attached hydrogen (secondary N) is 3. The lowest BCUT2D eigenvalue weighted by Gasteiger charge is -2.22. The maximum atomic E-state index is 11.5. The molecule has 0 aromatic rings. The molecular weight excluding hydrogens is 242 g/mol. The second-order valence-electron chi connectivity index (χ2n) is 4.22. The molecule has 0 spiro atoms. The van der Waals surface area contributed by atoms with E-state index in [2.05, 4.69) is 15.4 Å². The van der Waals surface area contributed by atoms with Crippen LogP contribution in [0.25, 0.3) is 0 Å². The van der Waals surface area contributed by atoms with Gasteiger partial charge in [-0.05, 0) is 26.4 Å². The van der Waals surface area contributed by atoms with E-state index < -0.39 is 10.0 Å². The summed E-state index contributed by atoms with van der Waals surface area (Å²) in [4.78, 5) is 11.5. The van der Waals surface area contributed by atoms with Gasteiger partial charge < -0.3 is 10.6 Å². The molecular formula is C10H21N3O3S. The smallest absolute Gasteiger partial charge is 0.221 e. The minimum Gasteiger partial charge on any atom is -0.355 e. The van der Waals surface area contributed by atoms with Crippen LogP contribution in [-0.4, -0.2) is 46.3 Å². The van der Waals surface area contributed by atoms with Gasteiger partial charge in [0.15, 0.2) is 0 Å². The molecule has 1 aliphatic rings. The van der Waals surface area contributed by atoms with Crippen molar-refractivity contribution in [2.75, 3.05) is 25.9 Å². The van der Waals surface area contributed by atoms with E-state index in [9.17, 15) is 13.2 Å². The molecule has 7 heteroatoms. The molecule has 0 aromatic carbocycles. The lowest BCUT2D eigenvalue weighted by molar-refractivity contribution is -0.121. The van der Waals surface area contributed by atoms with Crippen molar-refractivity contribution in [1.82, 2.24) is 15.4 Å². The maximum absolute atomic E-state index is 11.5. The summed E-state index contributed by atoms with van der Waals surface area (Å²) in [5.74, 6) is -0.163. The number of sulfonamides is 1. The van der Waals surface area contributed by atoms with Crippen LogP contribution in [0.4, 0.5) is 0 Å². The summed E-state index contributed by atoms with van der Waals surface area (Å²) in [6.07, 6.45) is 3.76. The zero-order valence-electron chi connectivity index (χ0n) is 10.2. The molecule has 0 saturated carbocycles. The molecule has 100 valence electrons. The minimum atomic E-state index is -3.23. The van der Waals surface area contributed by atoms with Crippen LogP contribution in [0, 0.1) is 0 Å². The number of carbonyl (C=O) groups excluding carboxylic acids is 1. The first-order valence-electron chi connectivity index (χ1n) is 5.95. The molecule has 0 aliphatic carbocycles. The van der Waals surface area contributed by atoms with E-state index in [0.29, 0.717) is 6.42 Å². The molecule has 1 atom stereocenters. The third-order valence-corrected chi connectivity index (χ3v) is 4.21. The molecule has 0 radical (unpaired) electrons. The van der Waals surface area contributed by atoms with Gasteiger partial charge in [0, 0.05) is 19.0 Å². The first kappa shape index (κ1) is 14.4. The van der Waals surface area contributed by atoms with Crippen molar-refractivity contribution >= 4 is 15.9 Å². The molecule has 1 amide bonds. The molecule has 0 bridgehead atoms. The average Bonchev–Trinajstić information content (AvgIpc) is 2.30. The predicted octanol–water partition coefficient (Wildman–Crippen LogP) is -0.816. The largest absolute Gasteiger partial charge is 0.355 e. The highest BCUT2D eigenvalue weighted by Crippen LogP contribution is 2.09. The highest BCUT2D eigenvalue weighted by atomic mass is 32.2. The van der Waals surface area contributed by atoms with Crippen molar-refractivity contribution in [3.05, 3.63) is 0 Å². The van der Waals surface area contributed by atoms with Crippen molar-refractivity contribution < 1.29 is 13.2 Å². The predicted molar refractivity (Wildman–Crippen MR) is 66.1 cm³/mol. The quantitative estimate of drug-likeness (QED) is 0.584. The Bertz CT molecular complexity index is 337. The second-order valence-corrected chi connectivity index (χ2v) is 6.27. The van der Waals surface area contributed by atoms with E-state index in [1.54, 1.807) is 0 Å². The molecule has 6 nitrogen and oxygen atoms in total. The molecule has 1 unspecified atom stereocenters. The van der Waals surface area contributed by atoms with E-state index in [0.717, 1.165) is 19.4 Å². The van der Waals surface area contributed by atoms with E-state index in [1.807, 2.05) is 0 Å². The Morgan fingerprint density at radius 3 is 2.76 bits per heavy atom. The lowest BCUT2D eigenvalue weighted by Crippen LogP contribution is -2.40. The van der Waals surface area contributed by atoms with E-state index in [1.165, 1.54) is 13.5 Å². The first-order valence-corrected chi connectivity index (χ1v) is 7.60. The molecule has 1 saturated heterocycles. The normalized spacial score (nSPS) is 21.1. The fourth-order valence-corrected chi connectivity index (χ4v) is 2.40. The summed E-state index contributed by atoms with van der Waals surface area (Å²) in [6, 6.07) is 0.240. The summed E-state index contributed by atoms with van der Waals surface area (Å²) in [7, 11) is -1.86. The Kier molecular flexibility index (Phi) is 5.87. The number of carbonyl (C=O) groups is 1. The second kappa shape index (κ2) is 6.93. The maximum Gasteiger partial charge on any atom is 0.221 e. The molecule has 1 fully saturated rings. The van der Waals surface area contributed by atoms with Crippen LogP contribution in [0.2, 0.25) is 0 Å². The van der Waals surface area contributed by atoms with Gasteiger partial charge in [0.25, 0.3) is 0 Å². The van der Waals surface area contributed by atoms with E-state index >= 15 is 0 Å². The Balaban J connectivity index is 2.16. The Labute approximate surface area is 103 Å². The zero-order chi connectivity index (χ0) is 12.7. The van der Waals surface area contributed by atoms with Gasteiger partial charge in [-0.15, -0.1) is 0 Å². The number of hydrogen-bond donors (Lipinski definition) is 3. The lowest BCUT2D eigenvalue weighted by atomic mass is 10.0. The summed E-state index contributed by atoms with van der Waals surface area (Å²) >= 11 is 0. The zero-order valence-corrected chi connectivity index (χ0v) is 11.0. The van der Waals surface area contributed by atoms with Crippen LogP contribution in [0.15, 0.2) is 0 Å². The Hall–Kier alpha value is -0.660. The summed E-state index contributed by atoms with van der Waals surface area (Å²) in [6.45, 7) is 1.13. The van der Waals surface area contributed by atoms with Crippen molar-refractivity contribution in [3.63, 3.8) is 0 Å². The van der Waals surface area contributed by atoms with E-state index in [4.69, 9.17) is 0 Å². The van der Waals surface area contributed by atoms with Crippen LogP contribution in [0.1, 0.15) is 25.7 Å². The van der Waals surface area contributed by atoms with Gasteiger partial charge in [0.1, 0.15) is 0 Å². The van der Waals surface area contributed by atoms with Gasteiger partial charge in [-0.25, -0.2) is 13.1 Å². The Morgan fingerprint density at radius 2 is 2.18 bits per heavy atom.